The van der Waals surface area contributed by atoms with Gasteiger partial charge in [-0.05, 0) is 37.5 Å². The summed E-state index contributed by atoms with van der Waals surface area (Å²) in [6.07, 6.45) is -1.74. The van der Waals surface area contributed by atoms with Crippen LogP contribution in [0.3, 0.4) is 0 Å². The van der Waals surface area contributed by atoms with Crippen molar-refractivity contribution in [3.05, 3.63) is 23.8 Å². The van der Waals surface area contributed by atoms with E-state index in [0.717, 1.165) is 38.1 Å². The first-order valence-corrected chi connectivity index (χ1v) is 8.09. The summed E-state index contributed by atoms with van der Waals surface area (Å²) in [5.74, 6) is -0.263. The van der Waals surface area contributed by atoms with Crippen molar-refractivity contribution in [2.75, 3.05) is 23.3 Å². The second-order valence-electron chi connectivity index (χ2n) is 5.51. The van der Waals surface area contributed by atoms with Gasteiger partial charge in [-0.3, -0.25) is 4.79 Å². The van der Waals surface area contributed by atoms with Gasteiger partial charge in [0.25, 0.3) is 0 Å². The predicted molar refractivity (Wildman–Crippen MR) is 87.8 cm³/mol. The summed E-state index contributed by atoms with van der Waals surface area (Å²) >= 11 is 0. The van der Waals surface area contributed by atoms with Crippen molar-refractivity contribution in [2.24, 2.45) is 0 Å². The first-order valence-electron chi connectivity index (χ1n) is 8.09. The zero-order chi connectivity index (χ0) is 17.5. The summed E-state index contributed by atoms with van der Waals surface area (Å²) in [7, 11) is 0. The summed E-state index contributed by atoms with van der Waals surface area (Å²) in [5, 5.41) is 2.64. The maximum absolute atomic E-state index is 13.0. The van der Waals surface area contributed by atoms with E-state index in [2.05, 4.69) is 5.32 Å². The molecule has 0 saturated carbocycles. The predicted octanol–water partition coefficient (Wildman–Crippen LogP) is 5.07. The number of hydrogen-bond donors (Lipinski definition) is 1. The van der Waals surface area contributed by atoms with Crippen LogP contribution in [-0.2, 0) is 11.0 Å². The van der Waals surface area contributed by atoms with Crippen molar-refractivity contribution in [2.45, 2.75) is 52.6 Å². The third-order valence-electron chi connectivity index (χ3n) is 3.40. The average Bonchev–Trinajstić information content (AvgIpc) is 2.46. The molecule has 130 valence electrons. The molecule has 0 aromatic heterocycles. The fourth-order valence-corrected chi connectivity index (χ4v) is 2.42. The number of amides is 1. The standard InChI is InChI=1S/C17H25F3N2O/c1-4-7-16(23)21-14-12-13(17(18,19)20)8-9-15(14)22(10-5-2)11-6-3/h8-9,12H,4-7,10-11H2,1-3H3,(H,21,23). The first-order chi connectivity index (χ1) is 10.8. The van der Waals surface area contributed by atoms with Gasteiger partial charge in [0.15, 0.2) is 0 Å². The molecule has 0 heterocycles. The zero-order valence-electron chi connectivity index (χ0n) is 14.0. The lowest BCUT2D eigenvalue weighted by atomic mass is 10.1. The summed E-state index contributed by atoms with van der Waals surface area (Å²) in [5.41, 5.74) is 0.132. The number of hydrogen-bond acceptors (Lipinski definition) is 2. The summed E-state index contributed by atoms with van der Waals surface area (Å²) in [4.78, 5) is 13.9. The van der Waals surface area contributed by atoms with E-state index in [0.29, 0.717) is 12.1 Å². The minimum absolute atomic E-state index is 0.236. The van der Waals surface area contributed by atoms with E-state index in [1.807, 2.05) is 25.7 Å². The topological polar surface area (TPSA) is 32.3 Å². The minimum atomic E-state index is -4.43. The molecule has 1 aromatic carbocycles. The van der Waals surface area contributed by atoms with Gasteiger partial charge in [0.05, 0.1) is 16.9 Å². The molecule has 0 saturated heterocycles. The lowest BCUT2D eigenvalue weighted by molar-refractivity contribution is -0.137. The smallest absolute Gasteiger partial charge is 0.370 e. The number of nitrogens with zero attached hydrogens (tertiary/aromatic N) is 1. The molecule has 0 fully saturated rings. The van der Waals surface area contributed by atoms with E-state index in [-0.39, 0.29) is 18.0 Å². The summed E-state index contributed by atoms with van der Waals surface area (Å²) in [6.45, 7) is 7.35. The maximum atomic E-state index is 13.0. The molecule has 0 aliphatic heterocycles. The monoisotopic (exact) mass is 330 g/mol. The van der Waals surface area contributed by atoms with E-state index < -0.39 is 11.7 Å². The van der Waals surface area contributed by atoms with Crippen LogP contribution in [0.5, 0.6) is 0 Å². The van der Waals surface area contributed by atoms with Crippen LogP contribution in [0.25, 0.3) is 0 Å². The molecular formula is C17H25F3N2O. The van der Waals surface area contributed by atoms with Gasteiger partial charge in [0, 0.05) is 19.5 Å². The fourth-order valence-electron chi connectivity index (χ4n) is 2.42. The van der Waals surface area contributed by atoms with Crippen LogP contribution >= 0.6 is 0 Å². The molecule has 0 atom stereocenters. The quantitative estimate of drug-likeness (QED) is 0.721. The van der Waals surface area contributed by atoms with E-state index in [1.54, 1.807) is 0 Å². The van der Waals surface area contributed by atoms with Crippen LogP contribution in [0.2, 0.25) is 0 Å². The normalized spacial score (nSPS) is 11.4. The number of anilines is 2. The van der Waals surface area contributed by atoms with Crippen LogP contribution in [0.1, 0.15) is 52.0 Å². The third kappa shape index (κ3) is 5.77. The SMILES string of the molecule is CCCC(=O)Nc1cc(C(F)(F)F)ccc1N(CCC)CCC. The molecular weight excluding hydrogens is 305 g/mol. The highest BCUT2D eigenvalue weighted by atomic mass is 19.4. The Morgan fingerprint density at radius 3 is 2.17 bits per heavy atom. The lowest BCUT2D eigenvalue weighted by Gasteiger charge is -2.27. The Hall–Kier alpha value is -1.72. The van der Waals surface area contributed by atoms with Gasteiger partial charge in [0.2, 0.25) is 5.91 Å². The Bertz CT molecular complexity index is 509. The van der Waals surface area contributed by atoms with Crippen LogP contribution in [0.4, 0.5) is 24.5 Å². The average molecular weight is 330 g/mol. The number of halogens is 3. The molecule has 1 rings (SSSR count). The number of nitrogens with one attached hydrogen (secondary N) is 1. The molecule has 6 heteroatoms. The highest BCUT2D eigenvalue weighted by Gasteiger charge is 2.31. The van der Waals surface area contributed by atoms with Gasteiger partial charge in [-0.2, -0.15) is 13.2 Å². The van der Waals surface area contributed by atoms with Gasteiger partial charge in [-0.25, -0.2) is 0 Å². The van der Waals surface area contributed by atoms with Crippen molar-refractivity contribution in [1.82, 2.24) is 0 Å². The van der Waals surface area contributed by atoms with Crippen LogP contribution in [0.15, 0.2) is 18.2 Å². The molecule has 1 N–H and O–H groups in total. The van der Waals surface area contributed by atoms with Crippen molar-refractivity contribution in [1.29, 1.82) is 0 Å². The largest absolute Gasteiger partial charge is 0.416 e. The Kier molecular flexibility index (Phi) is 7.39. The van der Waals surface area contributed by atoms with Crippen molar-refractivity contribution < 1.29 is 18.0 Å². The van der Waals surface area contributed by atoms with Gasteiger partial charge < -0.3 is 10.2 Å². The number of carbonyl (C=O) groups excluding carboxylic acids is 1. The number of benzene rings is 1. The van der Waals surface area contributed by atoms with Gasteiger partial charge in [-0.1, -0.05) is 20.8 Å². The third-order valence-corrected chi connectivity index (χ3v) is 3.40. The van der Waals surface area contributed by atoms with Gasteiger partial charge in [-0.15, -0.1) is 0 Å². The Morgan fingerprint density at radius 2 is 1.70 bits per heavy atom. The Labute approximate surface area is 135 Å². The first kappa shape index (κ1) is 19.3. The fraction of sp³-hybridized carbons (Fsp3) is 0.588. The van der Waals surface area contributed by atoms with Crippen molar-refractivity contribution in [3.63, 3.8) is 0 Å². The van der Waals surface area contributed by atoms with Crippen LogP contribution in [-0.4, -0.2) is 19.0 Å². The highest BCUT2D eigenvalue weighted by Crippen LogP contribution is 2.35. The summed E-state index contributed by atoms with van der Waals surface area (Å²) in [6, 6.07) is 3.56. The highest BCUT2D eigenvalue weighted by molar-refractivity contribution is 5.94. The Morgan fingerprint density at radius 1 is 1.09 bits per heavy atom. The van der Waals surface area contributed by atoms with E-state index in [1.165, 1.54) is 6.07 Å². The second kappa shape index (κ2) is 8.79. The molecule has 1 aromatic rings. The lowest BCUT2D eigenvalue weighted by Crippen LogP contribution is -2.27. The molecule has 0 aliphatic rings. The van der Waals surface area contributed by atoms with Crippen LogP contribution in [0, 0.1) is 0 Å². The van der Waals surface area contributed by atoms with E-state index >= 15 is 0 Å². The van der Waals surface area contributed by atoms with Crippen LogP contribution < -0.4 is 10.2 Å². The summed E-state index contributed by atoms with van der Waals surface area (Å²) < 4.78 is 38.9. The Balaban J connectivity index is 3.23. The zero-order valence-corrected chi connectivity index (χ0v) is 14.0. The molecule has 1 amide bonds. The number of carbonyl (C=O) groups is 1. The van der Waals surface area contributed by atoms with E-state index in [9.17, 15) is 18.0 Å². The molecule has 3 nitrogen and oxygen atoms in total. The number of rotatable bonds is 8. The van der Waals surface area contributed by atoms with Crippen molar-refractivity contribution >= 4 is 17.3 Å². The molecule has 0 unspecified atom stereocenters. The second-order valence-corrected chi connectivity index (χ2v) is 5.51. The van der Waals surface area contributed by atoms with E-state index in [4.69, 9.17) is 0 Å². The maximum Gasteiger partial charge on any atom is 0.416 e. The van der Waals surface area contributed by atoms with Crippen molar-refractivity contribution in [3.8, 4) is 0 Å². The van der Waals surface area contributed by atoms with Gasteiger partial charge in [0.1, 0.15) is 0 Å². The van der Waals surface area contributed by atoms with Gasteiger partial charge >= 0.3 is 6.18 Å². The molecule has 0 bridgehead atoms. The molecule has 0 aliphatic carbocycles. The molecule has 23 heavy (non-hydrogen) atoms. The molecule has 0 radical (unpaired) electrons. The molecule has 0 spiro atoms. The minimum Gasteiger partial charge on any atom is -0.370 e. The number of alkyl halides is 3.